The molecule has 4 aromatic carbocycles. The van der Waals surface area contributed by atoms with Crippen LogP contribution in [0, 0.1) is 5.82 Å². The number of nitrogens with zero attached hydrogens (tertiary/aromatic N) is 1. The van der Waals surface area contributed by atoms with Gasteiger partial charge in [0.05, 0.1) is 22.9 Å². The molecule has 0 unspecified atom stereocenters. The number of carboxylic acid groups (broad SMARTS) is 1. The van der Waals surface area contributed by atoms with Crippen molar-refractivity contribution in [1.82, 2.24) is 10.3 Å². The Bertz CT molecular complexity index is 1640. The predicted molar refractivity (Wildman–Crippen MR) is 150 cm³/mol. The van der Waals surface area contributed by atoms with Crippen molar-refractivity contribution < 1.29 is 23.8 Å². The average Bonchev–Trinajstić information content (AvgIpc) is 3.34. The summed E-state index contributed by atoms with van der Waals surface area (Å²) in [5.41, 5.74) is 4.31. The molecule has 0 spiro atoms. The largest absolute Gasteiger partial charge is 0.496 e. The molecule has 196 valence electrons. The van der Waals surface area contributed by atoms with Crippen molar-refractivity contribution in [3.63, 3.8) is 0 Å². The highest BCUT2D eigenvalue weighted by atomic mass is 32.1. The van der Waals surface area contributed by atoms with E-state index in [9.17, 15) is 19.1 Å². The third kappa shape index (κ3) is 6.05. The van der Waals surface area contributed by atoms with Crippen LogP contribution >= 0.6 is 11.3 Å². The maximum atomic E-state index is 13.5. The first-order chi connectivity index (χ1) is 18.9. The number of aromatic nitrogens is 1. The highest BCUT2D eigenvalue weighted by Crippen LogP contribution is 2.31. The standard InChI is InChI=1S/C30H24FN3O4S/c1-38-26-16-20(9-13-23(26)28(35)33-25(29(36)37)15-18-5-3-2-4-6-18)19-7-11-22(12-8-19)32-30-34-24-14-10-21(31)17-27(24)39-30/h2-14,16-17,25H,15H2,1H3,(H,32,34)(H,33,35)(H,36,37)/t25-/m0/s1. The van der Waals surface area contributed by atoms with Gasteiger partial charge in [-0.1, -0.05) is 59.9 Å². The van der Waals surface area contributed by atoms with Gasteiger partial charge in [0.25, 0.3) is 5.91 Å². The molecular formula is C30H24FN3O4S. The van der Waals surface area contributed by atoms with Crippen molar-refractivity contribution >= 4 is 44.2 Å². The summed E-state index contributed by atoms with van der Waals surface area (Å²) < 4.78 is 19.7. The Morgan fingerprint density at radius 2 is 1.72 bits per heavy atom. The molecule has 5 aromatic rings. The number of ether oxygens (including phenoxy) is 1. The zero-order valence-corrected chi connectivity index (χ0v) is 21.7. The number of hydrogen-bond acceptors (Lipinski definition) is 6. The number of fused-ring (bicyclic) bond motifs is 1. The van der Waals surface area contributed by atoms with Gasteiger partial charge in [-0.15, -0.1) is 0 Å². The number of carbonyl (C=O) groups excluding carboxylic acids is 1. The lowest BCUT2D eigenvalue weighted by Crippen LogP contribution is -2.42. The molecule has 0 aliphatic heterocycles. The first-order valence-corrected chi connectivity index (χ1v) is 12.9. The molecule has 0 aliphatic carbocycles. The molecule has 1 atom stereocenters. The van der Waals surface area contributed by atoms with E-state index < -0.39 is 17.9 Å². The third-order valence-corrected chi connectivity index (χ3v) is 7.09. The molecular weight excluding hydrogens is 517 g/mol. The van der Waals surface area contributed by atoms with Gasteiger partial charge in [0.1, 0.15) is 17.6 Å². The number of rotatable bonds is 9. The SMILES string of the molecule is COc1cc(-c2ccc(Nc3nc4ccc(F)cc4s3)cc2)ccc1C(=O)N[C@@H](Cc1ccccc1)C(=O)O. The number of hydrogen-bond donors (Lipinski definition) is 3. The quantitative estimate of drug-likeness (QED) is 0.203. The molecule has 3 N–H and O–H groups in total. The lowest BCUT2D eigenvalue weighted by molar-refractivity contribution is -0.139. The highest BCUT2D eigenvalue weighted by Gasteiger charge is 2.23. The molecule has 0 aliphatic rings. The Hall–Kier alpha value is -4.76. The minimum absolute atomic E-state index is 0.163. The molecule has 0 radical (unpaired) electrons. The zero-order chi connectivity index (χ0) is 27.4. The summed E-state index contributed by atoms with van der Waals surface area (Å²) >= 11 is 1.37. The third-order valence-electron chi connectivity index (χ3n) is 6.15. The van der Waals surface area contributed by atoms with Gasteiger partial charge in [0.2, 0.25) is 0 Å². The second kappa shape index (κ2) is 11.3. The van der Waals surface area contributed by atoms with Crippen LogP contribution in [0.4, 0.5) is 15.2 Å². The summed E-state index contributed by atoms with van der Waals surface area (Å²) in [5.74, 6) is -1.61. The van der Waals surface area contributed by atoms with Crippen LogP contribution in [0.25, 0.3) is 21.3 Å². The van der Waals surface area contributed by atoms with E-state index in [1.165, 1.54) is 30.6 Å². The molecule has 1 aromatic heterocycles. The fourth-order valence-corrected chi connectivity index (χ4v) is 5.08. The van der Waals surface area contributed by atoms with Crippen LogP contribution in [-0.2, 0) is 11.2 Å². The number of aliphatic carboxylic acids is 1. The Morgan fingerprint density at radius 1 is 0.974 bits per heavy atom. The fraction of sp³-hybridized carbons (Fsp3) is 0.100. The topological polar surface area (TPSA) is 101 Å². The van der Waals surface area contributed by atoms with E-state index >= 15 is 0 Å². The van der Waals surface area contributed by atoms with E-state index in [0.29, 0.717) is 10.9 Å². The van der Waals surface area contributed by atoms with Gasteiger partial charge in [0.15, 0.2) is 5.13 Å². The van der Waals surface area contributed by atoms with E-state index in [0.717, 1.165) is 32.6 Å². The van der Waals surface area contributed by atoms with Crippen LogP contribution in [-0.4, -0.2) is 35.1 Å². The Kier molecular flexibility index (Phi) is 7.51. The van der Waals surface area contributed by atoms with Crippen molar-refractivity contribution in [3.8, 4) is 16.9 Å². The van der Waals surface area contributed by atoms with Gasteiger partial charge < -0.3 is 20.5 Å². The molecule has 39 heavy (non-hydrogen) atoms. The number of methoxy groups -OCH3 is 1. The number of halogens is 1. The number of carbonyl (C=O) groups is 2. The Balaban J connectivity index is 1.30. The normalized spacial score (nSPS) is 11.6. The molecule has 7 nitrogen and oxygen atoms in total. The van der Waals surface area contributed by atoms with Crippen molar-refractivity contribution in [2.75, 3.05) is 12.4 Å². The molecule has 5 rings (SSSR count). The van der Waals surface area contributed by atoms with Crippen LogP contribution in [0.3, 0.4) is 0 Å². The van der Waals surface area contributed by atoms with E-state index in [2.05, 4.69) is 15.6 Å². The summed E-state index contributed by atoms with van der Waals surface area (Å²) in [6.07, 6.45) is 0.163. The molecule has 0 saturated heterocycles. The summed E-state index contributed by atoms with van der Waals surface area (Å²) in [7, 11) is 1.46. The average molecular weight is 542 g/mol. The molecule has 0 bridgehead atoms. The van der Waals surface area contributed by atoms with E-state index in [1.54, 1.807) is 24.3 Å². The summed E-state index contributed by atoms with van der Waals surface area (Å²) in [5, 5.41) is 16.2. The first kappa shape index (κ1) is 25.9. The molecule has 1 amide bonds. The predicted octanol–water partition coefficient (Wildman–Crippen LogP) is 6.28. The fourth-order valence-electron chi connectivity index (χ4n) is 4.17. The van der Waals surface area contributed by atoms with Gasteiger partial charge in [0, 0.05) is 12.1 Å². The molecule has 9 heteroatoms. The number of amides is 1. The second-order valence-electron chi connectivity index (χ2n) is 8.80. The van der Waals surface area contributed by atoms with Crippen LogP contribution in [0.5, 0.6) is 5.75 Å². The lowest BCUT2D eigenvalue weighted by atomic mass is 10.0. The van der Waals surface area contributed by atoms with Gasteiger partial charge in [-0.05, 0) is 59.2 Å². The number of benzene rings is 4. The maximum Gasteiger partial charge on any atom is 0.326 e. The zero-order valence-electron chi connectivity index (χ0n) is 20.9. The minimum atomic E-state index is -1.12. The van der Waals surface area contributed by atoms with Crippen molar-refractivity contribution in [1.29, 1.82) is 0 Å². The van der Waals surface area contributed by atoms with Crippen LogP contribution in [0.15, 0.2) is 91.0 Å². The van der Waals surface area contributed by atoms with Gasteiger partial charge >= 0.3 is 5.97 Å². The smallest absolute Gasteiger partial charge is 0.326 e. The molecule has 0 fully saturated rings. The van der Waals surface area contributed by atoms with Crippen molar-refractivity contribution in [3.05, 3.63) is 108 Å². The monoisotopic (exact) mass is 541 g/mol. The molecule has 1 heterocycles. The van der Waals surface area contributed by atoms with E-state index in [-0.39, 0.29) is 17.8 Å². The molecule has 0 saturated carbocycles. The van der Waals surface area contributed by atoms with Crippen LogP contribution < -0.4 is 15.4 Å². The van der Waals surface area contributed by atoms with Gasteiger partial charge in [-0.2, -0.15) is 0 Å². The number of nitrogens with one attached hydrogen (secondary N) is 2. The summed E-state index contributed by atoms with van der Waals surface area (Å²) in [6, 6.07) is 25.3. The van der Waals surface area contributed by atoms with E-state index in [1.807, 2.05) is 54.6 Å². The number of anilines is 2. The van der Waals surface area contributed by atoms with Gasteiger partial charge in [-0.3, -0.25) is 4.79 Å². The Labute approximate surface area is 227 Å². The van der Waals surface area contributed by atoms with Crippen LogP contribution in [0.1, 0.15) is 15.9 Å². The highest BCUT2D eigenvalue weighted by molar-refractivity contribution is 7.22. The minimum Gasteiger partial charge on any atom is -0.496 e. The van der Waals surface area contributed by atoms with Gasteiger partial charge in [-0.25, -0.2) is 14.2 Å². The number of carboxylic acids is 1. The number of thiazole rings is 1. The maximum absolute atomic E-state index is 13.5. The summed E-state index contributed by atoms with van der Waals surface area (Å²) in [4.78, 5) is 29.3. The Morgan fingerprint density at radius 3 is 2.44 bits per heavy atom. The lowest BCUT2D eigenvalue weighted by Gasteiger charge is -2.16. The van der Waals surface area contributed by atoms with Crippen molar-refractivity contribution in [2.24, 2.45) is 0 Å². The van der Waals surface area contributed by atoms with E-state index in [4.69, 9.17) is 4.74 Å². The van der Waals surface area contributed by atoms with Crippen molar-refractivity contribution in [2.45, 2.75) is 12.5 Å². The first-order valence-electron chi connectivity index (χ1n) is 12.1. The second-order valence-corrected chi connectivity index (χ2v) is 9.83. The summed E-state index contributed by atoms with van der Waals surface area (Å²) in [6.45, 7) is 0. The van der Waals surface area contributed by atoms with Crippen LogP contribution in [0.2, 0.25) is 0 Å².